The summed E-state index contributed by atoms with van der Waals surface area (Å²) >= 11 is 0. The molecule has 0 spiro atoms. The van der Waals surface area contributed by atoms with Gasteiger partial charge in [0.15, 0.2) is 0 Å². The van der Waals surface area contributed by atoms with Crippen LogP contribution in [0.25, 0.3) is 0 Å². The van der Waals surface area contributed by atoms with Crippen molar-refractivity contribution in [2.75, 3.05) is 0 Å². The normalized spacial score (nSPS) is 13.4. The first-order valence-electron chi connectivity index (χ1n) is 2.78. The van der Waals surface area contributed by atoms with Gasteiger partial charge in [-0.3, -0.25) is 0 Å². The SMILES string of the molecule is OB(O)OC(F)(F)C(F)(F)C(F)(F)F.[KH]. The Hall–Kier alpha value is 1.09. The molecule has 0 radical (unpaired) electrons. The quantitative estimate of drug-likeness (QED) is 0.565. The van der Waals surface area contributed by atoms with E-state index in [0.717, 1.165) is 0 Å². The van der Waals surface area contributed by atoms with E-state index in [0.29, 0.717) is 0 Å². The number of halogens is 7. The molecule has 3 nitrogen and oxygen atoms in total. The Bertz CT molecular complexity index is 206. The average molecular weight is 270 g/mol. The van der Waals surface area contributed by atoms with E-state index in [1.807, 2.05) is 0 Å². The summed E-state index contributed by atoms with van der Waals surface area (Å²) in [7, 11) is -3.45. The van der Waals surface area contributed by atoms with Crippen molar-refractivity contribution in [3.63, 3.8) is 0 Å². The first-order chi connectivity index (χ1) is 5.92. The molecule has 15 heavy (non-hydrogen) atoms. The molecule has 12 heteroatoms. The first kappa shape index (κ1) is 18.5. The van der Waals surface area contributed by atoms with Crippen LogP contribution in [0.2, 0.25) is 0 Å². The summed E-state index contributed by atoms with van der Waals surface area (Å²) in [5.74, 6) is -6.51. The van der Waals surface area contributed by atoms with Crippen LogP contribution in [-0.2, 0) is 4.65 Å². The zero-order valence-corrected chi connectivity index (χ0v) is 6.03. The summed E-state index contributed by atoms with van der Waals surface area (Å²) in [5, 5.41) is 15.3. The topological polar surface area (TPSA) is 49.7 Å². The monoisotopic (exact) mass is 270 g/mol. The van der Waals surface area contributed by atoms with Crippen LogP contribution in [0.5, 0.6) is 0 Å². The Morgan fingerprint density at radius 3 is 1.40 bits per heavy atom. The molecular weight excluding hydrogens is 267 g/mol. The fourth-order valence-corrected chi connectivity index (χ4v) is 0.371. The zero-order chi connectivity index (χ0) is 11.8. The molecule has 0 aliphatic heterocycles. The molecule has 0 aliphatic rings. The van der Waals surface area contributed by atoms with Gasteiger partial charge in [0.25, 0.3) is 0 Å². The molecule has 0 bridgehead atoms. The van der Waals surface area contributed by atoms with Gasteiger partial charge in [-0.2, -0.15) is 30.7 Å². The van der Waals surface area contributed by atoms with Gasteiger partial charge >= 0.3 is 76.9 Å². The van der Waals surface area contributed by atoms with Gasteiger partial charge in [0, 0.05) is 0 Å². The van der Waals surface area contributed by atoms with Crippen molar-refractivity contribution in [2.45, 2.75) is 18.2 Å². The molecule has 2 N–H and O–H groups in total. The van der Waals surface area contributed by atoms with Crippen LogP contribution in [0.3, 0.4) is 0 Å². The van der Waals surface area contributed by atoms with E-state index in [1.165, 1.54) is 0 Å². The third kappa shape index (κ3) is 4.46. The van der Waals surface area contributed by atoms with Crippen LogP contribution < -0.4 is 0 Å². The molecule has 0 atom stereocenters. The van der Waals surface area contributed by atoms with E-state index in [1.54, 1.807) is 0 Å². The van der Waals surface area contributed by atoms with E-state index in [2.05, 4.69) is 4.65 Å². The van der Waals surface area contributed by atoms with E-state index in [4.69, 9.17) is 10.0 Å². The molecule has 0 aromatic carbocycles. The summed E-state index contributed by atoms with van der Waals surface area (Å²) in [6.45, 7) is 0. The van der Waals surface area contributed by atoms with Crippen molar-refractivity contribution in [1.82, 2.24) is 0 Å². The summed E-state index contributed by atoms with van der Waals surface area (Å²) in [6, 6.07) is 0. The third-order valence-electron chi connectivity index (χ3n) is 0.975. The minimum absolute atomic E-state index is 0. The van der Waals surface area contributed by atoms with E-state index in [-0.39, 0.29) is 51.4 Å². The molecule has 0 heterocycles. The number of rotatable bonds is 3. The number of alkyl halides is 7. The van der Waals surface area contributed by atoms with Gasteiger partial charge in [0.2, 0.25) is 0 Å². The summed E-state index contributed by atoms with van der Waals surface area (Å²) < 4.78 is 83.8. The molecule has 0 aromatic rings. The van der Waals surface area contributed by atoms with E-state index < -0.39 is 25.5 Å². The van der Waals surface area contributed by atoms with Crippen molar-refractivity contribution >= 4 is 58.7 Å². The van der Waals surface area contributed by atoms with Crippen molar-refractivity contribution in [3.8, 4) is 0 Å². The summed E-state index contributed by atoms with van der Waals surface area (Å²) in [4.78, 5) is 0. The zero-order valence-electron chi connectivity index (χ0n) is 6.03. The van der Waals surface area contributed by atoms with Gasteiger partial charge in [0.05, 0.1) is 0 Å². The summed E-state index contributed by atoms with van der Waals surface area (Å²) in [6.07, 6.45) is -12.6. The third-order valence-corrected chi connectivity index (χ3v) is 0.975. The Balaban J connectivity index is 0. The summed E-state index contributed by atoms with van der Waals surface area (Å²) in [5.41, 5.74) is 0. The molecule has 0 saturated carbocycles. The second-order valence-corrected chi connectivity index (χ2v) is 2.03. The fraction of sp³-hybridized carbons (Fsp3) is 1.00. The van der Waals surface area contributed by atoms with Crippen LogP contribution in [0.4, 0.5) is 30.7 Å². The van der Waals surface area contributed by atoms with Crippen molar-refractivity contribution < 1.29 is 45.4 Å². The van der Waals surface area contributed by atoms with Gasteiger partial charge in [-0.1, -0.05) is 0 Å². The maximum absolute atomic E-state index is 11.9. The fourth-order valence-electron chi connectivity index (χ4n) is 0.371. The average Bonchev–Trinajstić information content (AvgIpc) is 1.80. The van der Waals surface area contributed by atoms with Crippen molar-refractivity contribution in [3.05, 3.63) is 0 Å². The first-order valence-corrected chi connectivity index (χ1v) is 2.78. The molecule has 0 fully saturated rings. The predicted molar refractivity (Wildman–Crippen MR) is 34.4 cm³/mol. The van der Waals surface area contributed by atoms with E-state index in [9.17, 15) is 30.7 Å². The van der Waals surface area contributed by atoms with Gasteiger partial charge < -0.3 is 14.7 Å². The minimum atomic E-state index is -6.56. The molecule has 0 aromatic heterocycles. The van der Waals surface area contributed by atoms with Gasteiger partial charge in [-0.25, -0.2) is 0 Å². The molecule has 0 aliphatic carbocycles. The molecular formula is C3H3BF7KO3. The maximum atomic E-state index is 11.9. The van der Waals surface area contributed by atoms with E-state index >= 15 is 0 Å². The standard InChI is InChI=1S/C3H2BF7O3.K.H/c5-1(6,2(7,8)9)3(10,11)14-4(12)13;;/h12-13H;;. The van der Waals surface area contributed by atoms with Crippen molar-refractivity contribution in [1.29, 1.82) is 0 Å². The molecule has 0 rings (SSSR count). The second-order valence-electron chi connectivity index (χ2n) is 2.03. The predicted octanol–water partition coefficient (Wildman–Crippen LogP) is 0.114. The van der Waals surface area contributed by atoms with Crippen LogP contribution in [0.1, 0.15) is 0 Å². The van der Waals surface area contributed by atoms with Crippen LogP contribution in [-0.4, -0.2) is 87.0 Å². The Morgan fingerprint density at radius 1 is 0.867 bits per heavy atom. The Morgan fingerprint density at radius 2 is 1.20 bits per heavy atom. The van der Waals surface area contributed by atoms with Crippen molar-refractivity contribution in [2.24, 2.45) is 0 Å². The number of hydrogen-bond donors (Lipinski definition) is 2. The molecule has 86 valence electrons. The number of hydrogen-bond acceptors (Lipinski definition) is 3. The van der Waals surface area contributed by atoms with Crippen LogP contribution in [0.15, 0.2) is 0 Å². The Labute approximate surface area is 121 Å². The van der Waals surface area contributed by atoms with Crippen LogP contribution >= 0.6 is 0 Å². The van der Waals surface area contributed by atoms with Gasteiger partial charge in [-0.15, -0.1) is 0 Å². The van der Waals surface area contributed by atoms with Gasteiger partial charge in [0.1, 0.15) is 0 Å². The van der Waals surface area contributed by atoms with Gasteiger partial charge in [-0.05, 0) is 0 Å². The Kier molecular flexibility index (Phi) is 6.91. The van der Waals surface area contributed by atoms with Crippen LogP contribution in [0, 0.1) is 0 Å². The molecule has 0 unspecified atom stereocenters. The molecule has 0 saturated heterocycles. The molecule has 0 amide bonds. The second kappa shape index (κ2) is 5.62.